The molecule has 0 amide bonds. The van der Waals surface area contributed by atoms with E-state index in [9.17, 15) is 0 Å². The van der Waals surface area contributed by atoms with Crippen molar-refractivity contribution in [1.29, 1.82) is 0 Å². The lowest BCUT2D eigenvalue weighted by Gasteiger charge is -2.21. The number of rotatable bonds is 6. The average Bonchev–Trinajstić information content (AvgIpc) is 3.58. The summed E-state index contributed by atoms with van der Waals surface area (Å²) in [4.78, 5) is 0. The van der Waals surface area contributed by atoms with E-state index in [0.29, 0.717) is 38.3 Å². The molecule has 2 aliphatic heterocycles. The van der Waals surface area contributed by atoms with E-state index < -0.39 is 0 Å². The van der Waals surface area contributed by atoms with Gasteiger partial charge in [0.25, 0.3) is 0 Å². The van der Waals surface area contributed by atoms with Crippen molar-refractivity contribution in [3.63, 3.8) is 0 Å². The number of benzene rings is 3. The molecule has 2 fully saturated rings. The van der Waals surface area contributed by atoms with E-state index in [4.69, 9.17) is 18.6 Å². The molecule has 0 saturated carbocycles. The van der Waals surface area contributed by atoms with Gasteiger partial charge in [-0.2, -0.15) is 0 Å². The summed E-state index contributed by atoms with van der Waals surface area (Å²) < 4.78 is 22.7. The van der Waals surface area contributed by atoms with Crippen LogP contribution in [0.1, 0.15) is 50.7 Å². The molecule has 3 aromatic carbocycles. The van der Waals surface area contributed by atoms with Crippen molar-refractivity contribution < 1.29 is 18.6 Å². The van der Waals surface area contributed by atoms with E-state index in [-0.39, 0.29) is 14.2 Å². The highest BCUT2D eigenvalue weighted by atomic mass is 16.6. The lowest BCUT2D eigenvalue weighted by Crippen LogP contribution is -2.31. The molecule has 0 bridgehead atoms. The van der Waals surface area contributed by atoms with Crippen LogP contribution in [0, 0.1) is 0 Å². The molecule has 5 rings (SSSR count). The van der Waals surface area contributed by atoms with E-state index >= 15 is 0 Å². The molecule has 2 heterocycles. The van der Waals surface area contributed by atoms with Crippen molar-refractivity contribution >= 4 is 25.2 Å². The highest BCUT2D eigenvalue weighted by Crippen LogP contribution is 2.38. The van der Waals surface area contributed by atoms with Crippen LogP contribution in [0.15, 0.2) is 60.7 Å². The second-order valence-electron chi connectivity index (χ2n) is 9.73. The molecule has 2 saturated heterocycles. The van der Waals surface area contributed by atoms with Crippen LogP contribution in [0.25, 0.3) is 22.3 Å². The fourth-order valence-electron chi connectivity index (χ4n) is 4.83. The molecule has 0 aliphatic carbocycles. The fraction of sp³-hybridized carbons (Fsp3) is 0.357. The average molecular weight is 454 g/mol. The SMILES string of the molecule is CC(C)c1cc(-c2ccc(B3OCCO3)cc2)c(C(C)C)cc1-c1ccc(B2OCCO2)cc1. The summed E-state index contributed by atoms with van der Waals surface area (Å²) >= 11 is 0. The molecule has 2 aliphatic rings. The van der Waals surface area contributed by atoms with Gasteiger partial charge in [0.1, 0.15) is 0 Å². The minimum atomic E-state index is -0.241. The lowest BCUT2D eigenvalue weighted by atomic mass is 9.77. The Bertz CT molecular complexity index is 1020. The van der Waals surface area contributed by atoms with Gasteiger partial charge >= 0.3 is 14.2 Å². The van der Waals surface area contributed by atoms with Gasteiger partial charge < -0.3 is 18.6 Å². The molecule has 6 heteroatoms. The third kappa shape index (κ3) is 4.73. The smallest absolute Gasteiger partial charge is 0.405 e. The Morgan fingerprint density at radius 1 is 0.529 bits per heavy atom. The monoisotopic (exact) mass is 454 g/mol. The van der Waals surface area contributed by atoms with Crippen molar-refractivity contribution in [3.05, 3.63) is 71.8 Å². The van der Waals surface area contributed by atoms with E-state index in [1.165, 1.54) is 33.4 Å². The predicted molar refractivity (Wildman–Crippen MR) is 140 cm³/mol. The second-order valence-corrected chi connectivity index (χ2v) is 9.73. The van der Waals surface area contributed by atoms with E-state index in [1.54, 1.807) is 0 Å². The highest BCUT2D eigenvalue weighted by Gasteiger charge is 2.27. The summed E-state index contributed by atoms with van der Waals surface area (Å²) in [7, 11) is -0.481. The Hall–Kier alpha value is -2.37. The third-order valence-electron chi connectivity index (χ3n) is 6.70. The van der Waals surface area contributed by atoms with Gasteiger partial charge in [-0.3, -0.25) is 0 Å². The van der Waals surface area contributed by atoms with Crippen LogP contribution < -0.4 is 10.9 Å². The van der Waals surface area contributed by atoms with E-state index in [1.807, 2.05) is 0 Å². The summed E-state index contributed by atoms with van der Waals surface area (Å²) in [6.45, 7) is 11.7. The van der Waals surface area contributed by atoms with Crippen molar-refractivity contribution in [2.75, 3.05) is 26.4 Å². The van der Waals surface area contributed by atoms with Gasteiger partial charge in [0.05, 0.1) is 26.4 Å². The molecular weight excluding hydrogens is 422 g/mol. The third-order valence-corrected chi connectivity index (χ3v) is 6.70. The van der Waals surface area contributed by atoms with Gasteiger partial charge in [0.2, 0.25) is 0 Å². The largest absolute Gasteiger partial charge is 0.494 e. The van der Waals surface area contributed by atoms with Crippen molar-refractivity contribution in [2.24, 2.45) is 0 Å². The van der Waals surface area contributed by atoms with Crippen LogP contribution in [0.5, 0.6) is 0 Å². The molecule has 174 valence electrons. The molecule has 0 N–H and O–H groups in total. The minimum absolute atomic E-state index is 0.241. The summed E-state index contributed by atoms with van der Waals surface area (Å²) in [5.74, 6) is 0.798. The first-order valence-electron chi connectivity index (χ1n) is 12.4. The van der Waals surface area contributed by atoms with E-state index in [2.05, 4.69) is 88.4 Å². The molecule has 0 spiro atoms. The van der Waals surface area contributed by atoms with Crippen LogP contribution >= 0.6 is 0 Å². The standard InChI is InChI=1S/C28H32B2O4/c1-19(2)25-17-28(22-7-11-24(12-8-22)30-33-15-16-34-30)26(20(3)4)18-27(25)21-5-9-23(10-6-21)29-31-13-14-32-29/h5-12,17-20H,13-16H2,1-4H3. The molecule has 34 heavy (non-hydrogen) atoms. The van der Waals surface area contributed by atoms with Crippen molar-refractivity contribution in [3.8, 4) is 22.3 Å². The molecular formula is C28H32B2O4. The second kappa shape index (κ2) is 10.1. The zero-order chi connectivity index (χ0) is 23.7. The Morgan fingerprint density at radius 2 is 0.853 bits per heavy atom. The molecule has 0 aromatic heterocycles. The Kier molecular flexibility index (Phi) is 6.94. The first kappa shape index (κ1) is 23.4. The first-order chi connectivity index (χ1) is 16.5. The topological polar surface area (TPSA) is 36.9 Å². The van der Waals surface area contributed by atoms with Crippen LogP contribution in [-0.4, -0.2) is 40.7 Å². The summed E-state index contributed by atoms with van der Waals surface area (Å²) in [6, 6.07) is 22.1. The maximum absolute atomic E-state index is 5.66. The molecule has 4 nitrogen and oxygen atoms in total. The van der Waals surface area contributed by atoms with Crippen molar-refractivity contribution in [2.45, 2.75) is 39.5 Å². The summed E-state index contributed by atoms with van der Waals surface area (Å²) in [5.41, 5.74) is 9.90. The van der Waals surface area contributed by atoms with Crippen molar-refractivity contribution in [1.82, 2.24) is 0 Å². The Balaban J connectivity index is 1.53. The van der Waals surface area contributed by atoms with E-state index in [0.717, 1.165) is 10.9 Å². The molecule has 0 atom stereocenters. The summed E-state index contributed by atoms with van der Waals surface area (Å²) in [5, 5.41) is 0. The first-order valence-corrected chi connectivity index (χ1v) is 12.4. The number of hydrogen-bond acceptors (Lipinski definition) is 4. The van der Waals surface area contributed by atoms with Gasteiger partial charge in [-0.25, -0.2) is 0 Å². The number of hydrogen-bond donors (Lipinski definition) is 0. The van der Waals surface area contributed by atoms with Gasteiger partial charge in [-0.1, -0.05) is 76.2 Å². The van der Waals surface area contributed by atoms with Gasteiger partial charge in [-0.05, 0) is 68.3 Å². The van der Waals surface area contributed by atoms with Gasteiger partial charge in [-0.15, -0.1) is 0 Å². The highest BCUT2D eigenvalue weighted by molar-refractivity contribution is 6.62. The zero-order valence-corrected chi connectivity index (χ0v) is 20.5. The van der Waals surface area contributed by atoms with Crippen LogP contribution in [-0.2, 0) is 18.6 Å². The Morgan fingerprint density at radius 3 is 1.15 bits per heavy atom. The van der Waals surface area contributed by atoms with Crippen LogP contribution in [0.4, 0.5) is 0 Å². The molecule has 3 aromatic rings. The predicted octanol–water partition coefficient (Wildman–Crippen LogP) is 4.75. The normalized spacial score (nSPS) is 16.3. The van der Waals surface area contributed by atoms with Gasteiger partial charge in [0.15, 0.2) is 0 Å². The summed E-state index contributed by atoms with van der Waals surface area (Å²) in [6.07, 6.45) is 0. The maximum Gasteiger partial charge on any atom is 0.494 e. The quantitative estimate of drug-likeness (QED) is 0.504. The zero-order valence-electron chi connectivity index (χ0n) is 20.5. The minimum Gasteiger partial charge on any atom is -0.405 e. The molecule has 0 radical (unpaired) electrons. The Labute approximate surface area is 203 Å². The maximum atomic E-state index is 5.66. The fourth-order valence-corrected chi connectivity index (χ4v) is 4.83. The lowest BCUT2D eigenvalue weighted by molar-refractivity contribution is 0.365. The van der Waals surface area contributed by atoms with Crippen LogP contribution in [0.2, 0.25) is 0 Å². The van der Waals surface area contributed by atoms with Gasteiger partial charge in [0, 0.05) is 0 Å². The van der Waals surface area contributed by atoms with Crippen LogP contribution in [0.3, 0.4) is 0 Å². The molecule has 0 unspecified atom stereocenters.